The molecule has 0 unspecified atom stereocenters. The normalized spacial score (nSPS) is 53.3. The summed E-state index contributed by atoms with van der Waals surface area (Å²) >= 11 is 0. The summed E-state index contributed by atoms with van der Waals surface area (Å²) in [5, 5.41) is 0. The van der Waals surface area contributed by atoms with Gasteiger partial charge in [0.05, 0.1) is 0 Å². The molecule has 0 N–H and O–H groups in total. The van der Waals surface area contributed by atoms with Crippen molar-refractivity contribution in [2.75, 3.05) is 26.2 Å². The summed E-state index contributed by atoms with van der Waals surface area (Å²) < 4.78 is 209. The molecule has 4 spiro atoms. The second-order valence-electron chi connectivity index (χ2n) is 10.8. The minimum absolute atomic E-state index is 0.627. The van der Waals surface area contributed by atoms with Crippen LogP contribution in [-0.4, -0.2) is 82.8 Å². The van der Waals surface area contributed by atoms with E-state index in [0.717, 1.165) is 0 Å². The minimum atomic E-state index is -5.86. The maximum absolute atomic E-state index is 16.6. The molecule has 7 rings (SSSR count). The van der Waals surface area contributed by atoms with Crippen LogP contribution in [0.25, 0.3) is 0 Å². The van der Waals surface area contributed by atoms with Crippen LogP contribution in [0.2, 0.25) is 0 Å². The van der Waals surface area contributed by atoms with Crippen LogP contribution in [0.3, 0.4) is 0 Å². The lowest BCUT2D eigenvalue weighted by Gasteiger charge is -2.97. The first-order valence-electron chi connectivity index (χ1n) is 10.7. The van der Waals surface area contributed by atoms with E-state index < -0.39 is 128 Å². The third-order valence-electron chi connectivity index (χ3n) is 10.4. The van der Waals surface area contributed by atoms with Gasteiger partial charge in [0.1, 0.15) is 45.0 Å². The Morgan fingerprint density at radius 3 is 0.842 bits per heavy atom. The maximum atomic E-state index is 16.6. The van der Waals surface area contributed by atoms with Gasteiger partial charge in [0.25, 0.3) is 0 Å². The highest BCUT2D eigenvalue weighted by Crippen LogP contribution is 3.08. The Bertz CT molecular complexity index is 1210. The summed E-state index contributed by atoms with van der Waals surface area (Å²) in [5.74, 6) is -16.8. The van der Waals surface area contributed by atoms with Crippen molar-refractivity contribution >= 4 is 11.8 Å². The average Bonchev–Trinajstić information content (AvgIpc) is 3.34. The van der Waals surface area contributed by atoms with E-state index in [0.29, 0.717) is 0 Å². The molecule has 0 bridgehead atoms. The largest absolute Gasteiger partial charge is 0.471 e. The minimum Gasteiger partial charge on any atom is -0.333 e. The summed E-state index contributed by atoms with van der Waals surface area (Å²) in [6.07, 6.45) is -11.7. The van der Waals surface area contributed by atoms with Crippen molar-refractivity contribution in [2.24, 2.45) is 21.7 Å². The van der Waals surface area contributed by atoms with E-state index in [1.165, 1.54) is 0 Å². The zero-order valence-electron chi connectivity index (χ0n) is 17.8. The first-order chi connectivity index (χ1) is 17.1. The van der Waals surface area contributed by atoms with Crippen LogP contribution in [0.4, 0.5) is 61.5 Å². The molecule has 4 nitrogen and oxygen atoms in total. The summed E-state index contributed by atoms with van der Waals surface area (Å²) in [4.78, 5) is 22.4. The van der Waals surface area contributed by atoms with Crippen LogP contribution in [0.1, 0.15) is 0 Å². The monoisotopic (exact) mass is 574 g/mol. The number of amides is 2. The van der Waals surface area contributed by atoms with Crippen molar-refractivity contribution < 1.29 is 71.1 Å². The van der Waals surface area contributed by atoms with E-state index in [4.69, 9.17) is 0 Å². The van der Waals surface area contributed by atoms with Gasteiger partial charge >= 0.3 is 24.2 Å². The van der Waals surface area contributed by atoms with E-state index in [-0.39, 0.29) is 0 Å². The smallest absolute Gasteiger partial charge is 0.333 e. The molecule has 7 aliphatic rings. The lowest BCUT2D eigenvalue weighted by atomic mass is 9.05. The van der Waals surface area contributed by atoms with Gasteiger partial charge < -0.3 is 9.80 Å². The number of hydrogen-bond donors (Lipinski definition) is 0. The SMILES string of the molecule is O=C(N1CC23C(F)=C(F)C45CN(C(=O)C(F)(F)F)CC46C(F)=C(F)C2(C1)C1(F)C3(F)C5(F)C61F)C(F)(F)F. The van der Waals surface area contributed by atoms with Gasteiger partial charge in [0.15, 0.2) is 0 Å². The molecule has 5 aliphatic carbocycles. The number of hydrogen-bond acceptors (Lipinski definition) is 2. The van der Waals surface area contributed by atoms with E-state index in [1.54, 1.807) is 0 Å². The summed E-state index contributed by atoms with van der Waals surface area (Å²) in [6.45, 7) is -8.43. The lowest BCUT2D eigenvalue weighted by molar-refractivity contribution is -0.588. The number of alkyl halides is 10. The number of halogens is 14. The molecule has 2 amide bonds. The molecule has 38 heavy (non-hydrogen) atoms. The van der Waals surface area contributed by atoms with Gasteiger partial charge in [0, 0.05) is 26.2 Å². The number of nitrogens with zero attached hydrogens (tertiary/aromatic N) is 2. The summed E-state index contributed by atoms with van der Waals surface area (Å²) in [7, 11) is 0. The predicted molar refractivity (Wildman–Crippen MR) is 88.8 cm³/mol. The Morgan fingerprint density at radius 2 is 0.684 bits per heavy atom. The van der Waals surface area contributed by atoms with Crippen molar-refractivity contribution in [1.29, 1.82) is 0 Å². The number of likely N-dealkylation sites (tertiary alicyclic amines) is 2. The van der Waals surface area contributed by atoms with E-state index in [9.17, 15) is 35.9 Å². The van der Waals surface area contributed by atoms with E-state index >= 15 is 35.1 Å². The third-order valence-corrected chi connectivity index (χ3v) is 10.4. The highest BCUT2D eigenvalue weighted by molar-refractivity contribution is 5.88. The fourth-order valence-electron chi connectivity index (χ4n) is 9.55. The number of rotatable bonds is 0. The molecule has 2 heterocycles. The Hall–Kier alpha value is -2.56. The predicted octanol–water partition coefficient (Wildman–Crippen LogP) is 3.94. The van der Waals surface area contributed by atoms with Crippen LogP contribution >= 0.6 is 0 Å². The van der Waals surface area contributed by atoms with Gasteiger partial charge in [-0.15, -0.1) is 0 Å². The highest BCUT2D eigenvalue weighted by Gasteiger charge is 3.27. The third kappa shape index (κ3) is 1.38. The summed E-state index contributed by atoms with van der Waals surface area (Å²) in [5.41, 5.74) is -35.5. The first-order valence-corrected chi connectivity index (χ1v) is 10.7. The topological polar surface area (TPSA) is 40.6 Å². The van der Waals surface area contributed by atoms with Gasteiger partial charge in [0.2, 0.25) is 22.7 Å². The Balaban J connectivity index is 1.57. The average molecular weight is 574 g/mol. The van der Waals surface area contributed by atoms with Crippen LogP contribution in [0.15, 0.2) is 23.3 Å². The standard InChI is InChI=1S/C20H8F14N2O2/c21-5-6(22)13-3-36(10(38)16(28,29)30)4-14(13)8(24)7(23)12-2-35(9(37)15(25,26)27)1-11(5,12)17(31)18(12,32)20(14,34)19(13,17)33/h1-4H2. The zero-order chi connectivity index (χ0) is 28.4. The fourth-order valence-corrected chi connectivity index (χ4v) is 9.55. The molecule has 2 aliphatic heterocycles. The Kier molecular flexibility index (Phi) is 3.40. The molecule has 0 atom stereocenters. The maximum Gasteiger partial charge on any atom is 0.471 e. The van der Waals surface area contributed by atoms with E-state index in [1.807, 2.05) is 0 Å². The molecule has 0 aromatic heterocycles. The van der Waals surface area contributed by atoms with Gasteiger partial charge in [-0.2, -0.15) is 26.3 Å². The molecule has 0 aromatic rings. The van der Waals surface area contributed by atoms with Crippen molar-refractivity contribution in [1.82, 2.24) is 9.80 Å². The van der Waals surface area contributed by atoms with Crippen molar-refractivity contribution in [3.8, 4) is 0 Å². The van der Waals surface area contributed by atoms with Crippen molar-refractivity contribution in [3.63, 3.8) is 0 Å². The number of carbonyl (C=O) groups is 2. The highest BCUT2D eigenvalue weighted by atomic mass is 19.4. The Labute approximate surface area is 199 Å². The van der Waals surface area contributed by atoms with Crippen molar-refractivity contribution in [3.05, 3.63) is 23.3 Å². The molecule has 5 fully saturated rings. The van der Waals surface area contributed by atoms with Gasteiger partial charge in [-0.05, 0) is 0 Å². The Morgan fingerprint density at radius 1 is 0.500 bits per heavy atom. The van der Waals surface area contributed by atoms with Gasteiger partial charge in [-0.1, -0.05) is 0 Å². The second-order valence-corrected chi connectivity index (χ2v) is 10.8. The van der Waals surface area contributed by atoms with Crippen LogP contribution < -0.4 is 0 Å². The number of carbonyl (C=O) groups excluding carboxylic acids is 2. The van der Waals surface area contributed by atoms with Crippen LogP contribution in [0.5, 0.6) is 0 Å². The van der Waals surface area contributed by atoms with Crippen molar-refractivity contribution in [2.45, 2.75) is 35.0 Å². The molecule has 2 saturated heterocycles. The zero-order valence-corrected chi connectivity index (χ0v) is 17.8. The van der Waals surface area contributed by atoms with Gasteiger partial charge in [-0.25, -0.2) is 35.1 Å². The van der Waals surface area contributed by atoms with Crippen LogP contribution in [0, 0.1) is 21.7 Å². The quantitative estimate of drug-likeness (QED) is 0.412. The molecule has 3 saturated carbocycles. The van der Waals surface area contributed by atoms with E-state index in [2.05, 4.69) is 0 Å². The fraction of sp³-hybridized carbons (Fsp3) is 0.700. The second kappa shape index (κ2) is 5.28. The molecule has 0 aromatic carbocycles. The first kappa shape index (κ1) is 24.5. The molecule has 0 radical (unpaired) electrons. The molecule has 18 heteroatoms. The summed E-state index contributed by atoms with van der Waals surface area (Å²) in [6, 6.07) is 0. The molecular weight excluding hydrogens is 566 g/mol. The molecular formula is C20H8F14N2O2. The molecule has 208 valence electrons. The van der Waals surface area contributed by atoms with Crippen LogP contribution in [-0.2, 0) is 9.59 Å². The lowest BCUT2D eigenvalue weighted by Crippen LogP contribution is -3.18. The van der Waals surface area contributed by atoms with Gasteiger partial charge in [-0.3, -0.25) is 9.59 Å².